The number of aromatic nitrogens is 2. The molecule has 1 aliphatic heterocycles. The second kappa shape index (κ2) is 10.5. The lowest BCUT2D eigenvalue weighted by Crippen LogP contribution is -2.44. The van der Waals surface area contributed by atoms with Crippen LogP contribution in [0.1, 0.15) is 18.4 Å². The number of rotatable bonds is 8. The molecule has 2 aromatic rings. The first-order valence-electron chi connectivity index (χ1n) is 9.98. The van der Waals surface area contributed by atoms with Gasteiger partial charge in [0.25, 0.3) is 0 Å². The van der Waals surface area contributed by atoms with Crippen molar-refractivity contribution in [3.8, 4) is 11.8 Å². The van der Waals surface area contributed by atoms with Crippen LogP contribution in [-0.2, 0) is 11.3 Å². The highest BCUT2D eigenvalue weighted by molar-refractivity contribution is 5.81. The molecule has 9 heteroatoms. The van der Waals surface area contributed by atoms with Gasteiger partial charge in [0.2, 0.25) is 5.91 Å². The number of nitrogens with one attached hydrogen (secondary N) is 1. The number of piperidine rings is 1. The molecule has 2 heterocycles. The number of ether oxygens (including phenoxy) is 1. The van der Waals surface area contributed by atoms with Gasteiger partial charge in [-0.3, -0.25) is 14.6 Å². The van der Waals surface area contributed by atoms with E-state index in [4.69, 9.17) is 4.74 Å². The predicted octanol–water partition coefficient (Wildman–Crippen LogP) is 2.21. The highest BCUT2D eigenvalue weighted by atomic mass is 16.5. The number of carboxylic acid groups (broad SMARTS) is 1. The molecule has 0 atom stereocenters. The largest absolute Gasteiger partial charge is 0.465 e. The van der Waals surface area contributed by atoms with Crippen molar-refractivity contribution in [2.24, 2.45) is 5.92 Å². The molecule has 2 N–H and O–H groups in total. The van der Waals surface area contributed by atoms with Gasteiger partial charge < -0.3 is 15.2 Å². The van der Waals surface area contributed by atoms with Crippen molar-refractivity contribution in [2.75, 3.05) is 33.2 Å². The van der Waals surface area contributed by atoms with E-state index in [1.807, 2.05) is 18.2 Å². The monoisotopic (exact) mass is 413 g/mol. The molecule has 0 unspecified atom stereocenters. The topological polar surface area (TPSA) is 108 Å². The molecule has 0 radical (unpaired) electrons. The predicted molar refractivity (Wildman–Crippen MR) is 110 cm³/mol. The van der Waals surface area contributed by atoms with Crippen LogP contribution in [0.2, 0.25) is 0 Å². The van der Waals surface area contributed by atoms with E-state index < -0.39 is 6.09 Å². The van der Waals surface area contributed by atoms with Crippen LogP contribution in [-0.4, -0.2) is 70.1 Å². The lowest BCUT2D eigenvalue weighted by molar-refractivity contribution is -0.121. The summed E-state index contributed by atoms with van der Waals surface area (Å²) in [4.78, 5) is 34.6. The van der Waals surface area contributed by atoms with Crippen LogP contribution >= 0.6 is 0 Å². The van der Waals surface area contributed by atoms with E-state index >= 15 is 0 Å². The van der Waals surface area contributed by atoms with Gasteiger partial charge in [0, 0.05) is 32.5 Å². The third-order valence-electron chi connectivity index (χ3n) is 5.13. The van der Waals surface area contributed by atoms with Gasteiger partial charge in [-0.2, -0.15) is 0 Å². The highest BCUT2D eigenvalue weighted by Crippen LogP contribution is 2.23. The minimum Gasteiger partial charge on any atom is -0.465 e. The molecule has 0 saturated carbocycles. The molecule has 2 amide bonds. The molecule has 0 bridgehead atoms. The fraction of sp³-hybridized carbons (Fsp3) is 0.429. The van der Waals surface area contributed by atoms with E-state index in [-0.39, 0.29) is 18.4 Å². The second-order valence-corrected chi connectivity index (χ2v) is 7.34. The van der Waals surface area contributed by atoms with E-state index in [9.17, 15) is 14.7 Å². The normalized spacial score (nSPS) is 14.8. The summed E-state index contributed by atoms with van der Waals surface area (Å²) in [6, 6.07) is 9.91. The zero-order chi connectivity index (χ0) is 21.3. The van der Waals surface area contributed by atoms with Crippen molar-refractivity contribution in [3.63, 3.8) is 0 Å². The zero-order valence-electron chi connectivity index (χ0n) is 17.0. The fourth-order valence-electron chi connectivity index (χ4n) is 3.51. The zero-order valence-corrected chi connectivity index (χ0v) is 17.0. The van der Waals surface area contributed by atoms with Crippen LogP contribution in [0.15, 0.2) is 42.7 Å². The molecule has 1 saturated heterocycles. The van der Waals surface area contributed by atoms with Crippen LogP contribution in [0.4, 0.5) is 4.79 Å². The first-order chi connectivity index (χ1) is 14.5. The Kier molecular flexibility index (Phi) is 7.56. The molecular formula is C21H27N5O4. The van der Waals surface area contributed by atoms with E-state index in [1.54, 1.807) is 18.5 Å². The number of carbonyl (C=O) groups is 2. The first-order valence-corrected chi connectivity index (χ1v) is 9.98. The van der Waals surface area contributed by atoms with E-state index in [0.29, 0.717) is 18.3 Å². The molecule has 1 aromatic carbocycles. The highest BCUT2D eigenvalue weighted by Gasteiger charge is 2.24. The quantitative estimate of drug-likeness (QED) is 0.683. The Hall–Kier alpha value is -3.20. The van der Waals surface area contributed by atoms with Crippen LogP contribution in [0.5, 0.6) is 11.8 Å². The Morgan fingerprint density at radius 3 is 2.63 bits per heavy atom. The second-order valence-electron chi connectivity index (χ2n) is 7.34. The number of benzene rings is 1. The minimum atomic E-state index is -1.06. The summed E-state index contributed by atoms with van der Waals surface area (Å²) >= 11 is 0. The number of likely N-dealkylation sites (N-methyl/N-ethyl adjacent to an activating group) is 1. The number of carbonyl (C=O) groups excluding carboxylic acids is 1. The van der Waals surface area contributed by atoms with Gasteiger partial charge in [0.1, 0.15) is 12.3 Å². The molecule has 1 aromatic heterocycles. The summed E-state index contributed by atoms with van der Waals surface area (Å²) in [6.45, 7) is 2.82. The van der Waals surface area contributed by atoms with E-state index in [0.717, 1.165) is 38.0 Å². The molecule has 160 valence electrons. The van der Waals surface area contributed by atoms with Crippen LogP contribution in [0.3, 0.4) is 0 Å². The van der Waals surface area contributed by atoms with Crippen molar-refractivity contribution in [1.82, 2.24) is 25.1 Å². The van der Waals surface area contributed by atoms with Gasteiger partial charge in [-0.05, 0) is 55.6 Å². The minimum absolute atomic E-state index is 0.121. The number of hydrogen-bond acceptors (Lipinski definition) is 6. The molecule has 30 heavy (non-hydrogen) atoms. The summed E-state index contributed by atoms with van der Waals surface area (Å²) in [6.07, 6.45) is 4.00. The summed E-state index contributed by atoms with van der Waals surface area (Å²) in [5.41, 5.74) is 1.13. The maximum Gasteiger partial charge on any atom is 0.407 e. The molecule has 9 nitrogen and oxygen atoms in total. The number of amides is 2. The summed E-state index contributed by atoms with van der Waals surface area (Å²) in [5.74, 6) is 0.657. The van der Waals surface area contributed by atoms with Crippen molar-refractivity contribution < 1.29 is 19.4 Å². The van der Waals surface area contributed by atoms with Crippen LogP contribution in [0, 0.1) is 5.92 Å². The van der Waals surface area contributed by atoms with Crippen LogP contribution in [0.25, 0.3) is 0 Å². The average Bonchev–Trinajstić information content (AvgIpc) is 2.75. The van der Waals surface area contributed by atoms with Gasteiger partial charge in [-0.1, -0.05) is 12.1 Å². The average molecular weight is 413 g/mol. The Morgan fingerprint density at radius 2 is 1.97 bits per heavy atom. The number of likely N-dealkylation sites (tertiary alicyclic amines) is 1. The lowest BCUT2D eigenvalue weighted by atomic mass is 9.96. The maximum absolute atomic E-state index is 11.5. The van der Waals surface area contributed by atoms with Crippen molar-refractivity contribution in [1.29, 1.82) is 0 Å². The summed E-state index contributed by atoms with van der Waals surface area (Å²) in [5, 5.41) is 11.8. The molecule has 1 aliphatic rings. The number of hydrogen-bond donors (Lipinski definition) is 2. The van der Waals surface area contributed by atoms with Crippen molar-refractivity contribution in [2.45, 2.75) is 19.4 Å². The third kappa shape index (κ3) is 6.41. The van der Waals surface area contributed by atoms with Crippen molar-refractivity contribution in [3.05, 3.63) is 48.3 Å². The van der Waals surface area contributed by atoms with Gasteiger partial charge >= 0.3 is 12.1 Å². The van der Waals surface area contributed by atoms with Gasteiger partial charge in [0.05, 0.1) is 0 Å². The summed E-state index contributed by atoms with van der Waals surface area (Å²) < 4.78 is 5.70. The van der Waals surface area contributed by atoms with E-state index in [1.165, 1.54) is 11.9 Å². The SMILES string of the molecule is CNC(=O)CN(CC1CCN(Cc2cccc(Oc3ncccn3)c2)CC1)C(=O)O. The molecule has 0 aliphatic carbocycles. The lowest BCUT2D eigenvalue weighted by Gasteiger charge is -2.34. The Labute approximate surface area is 175 Å². The third-order valence-corrected chi connectivity index (χ3v) is 5.13. The van der Waals surface area contributed by atoms with Crippen LogP contribution < -0.4 is 10.1 Å². The molecule has 3 rings (SSSR count). The first kappa shape index (κ1) is 21.5. The maximum atomic E-state index is 11.5. The van der Waals surface area contributed by atoms with E-state index in [2.05, 4.69) is 26.3 Å². The Bertz CT molecular complexity index is 840. The summed E-state index contributed by atoms with van der Waals surface area (Å²) in [7, 11) is 1.51. The molecule has 0 spiro atoms. The fourth-order valence-corrected chi connectivity index (χ4v) is 3.51. The van der Waals surface area contributed by atoms with Gasteiger partial charge in [-0.25, -0.2) is 14.8 Å². The number of nitrogens with zero attached hydrogens (tertiary/aromatic N) is 4. The van der Waals surface area contributed by atoms with Gasteiger partial charge in [0.15, 0.2) is 0 Å². The van der Waals surface area contributed by atoms with Gasteiger partial charge in [-0.15, -0.1) is 0 Å². The Balaban J connectivity index is 1.49. The molecular weight excluding hydrogens is 386 g/mol. The molecule has 1 fully saturated rings. The van der Waals surface area contributed by atoms with Crippen molar-refractivity contribution >= 4 is 12.0 Å². The Morgan fingerprint density at radius 1 is 1.23 bits per heavy atom. The standard InChI is InChI=1S/C21H27N5O4/c1-22-19(27)15-26(21(28)29)14-16-6-10-25(11-7-16)13-17-4-2-5-18(12-17)30-20-23-8-3-9-24-20/h2-5,8-9,12,16H,6-7,10-11,13-15H2,1H3,(H,22,27)(H,28,29). The smallest absolute Gasteiger partial charge is 0.407 e.